The highest BCUT2D eigenvalue weighted by molar-refractivity contribution is 7.89. The molecule has 7 heteroatoms. The predicted molar refractivity (Wildman–Crippen MR) is 113 cm³/mol. The molecule has 1 aliphatic heterocycles. The van der Waals surface area contributed by atoms with Crippen molar-refractivity contribution in [2.75, 3.05) is 25.0 Å². The molecule has 0 aliphatic carbocycles. The Morgan fingerprint density at radius 3 is 2.55 bits per heavy atom. The first-order valence-electron chi connectivity index (χ1n) is 9.61. The van der Waals surface area contributed by atoms with E-state index in [9.17, 15) is 13.2 Å². The molecule has 0 unspecified atom stereocenters. The van der Waals surface area contributed by atoms with Gasteiger partial charge in [0, 0.05) is 18.8 Å². The van der Waals surface area contributed by atoms with E-state index in [0.29, 0.717) is 37.4 Å². The topological polar surface area (TPSA) is 75.7 Å². The van der Waals surface area contributed by atoms with E-state index in [1.165, 1.54) is 4.31 Å². The molecule has 2 aromatic carbocycles. The fourth-order valence-corrected chi connectivity index (χ4v) is 4.79. The fourth-order valence-electron chi connectivity index (χ4n) is 3.27. The monoisotopic (exact) mass is 414 g/mol. The second-order valence-electron chi connectivity index (χ2n) is 7.13. The number of carbonyl (C=O) groups is 1. The van der Waals surface area contributed by atoms with Gasteiger partial charge in [0.1, 0.15) is 12.4 Å². The van der Waals surface area contributed by atoms with E-state index in [1.54, 1.807) is 54.6 Å². The smallest absolute Gasteiger partial charge is 0.243 e. The highest BCUT2D eigenvalue weighted by atomic mass is 32.2. The maximum Gasteiger partial charge on any atom is 0.243 e. The highest BCUT2D eigenvalue weighted by Crippen LogP contribution is 2.25. The van der Waals surface area contributed by atoms with Gasteiger partial charge in [-0.1, -0.05) is 30.4 Å². The number of nitrogens with one attached hydrogen (secondary N) is 1. The summed E-state index contributed by atoms with van der Waals surface area (Å²) in [5, 5.41) is 2.88. The van der Waals surface area contributed by atoms with Crippen LogP contribution in [0.2, 0.25) is 0 Å². The van der Waals surface area contributed by atoms with E-state index < -0.39 is 10.0 Å². The second-order valence-corrected chi connectivity index (χ2v) is 9.07. The van der Waals surface area contributed by atoms with Crippen LogP contribution in [0.5, 0.6) is 5.75 Å². The van der Waals surface area contributed by atoms with Crippen LogP contribution in [0.3, 0.4) is 0 Å². The number of aryl methyl sites for hydroxylation is 1. The van der Waals surface area contributed by atoms with Gasteiger partial charge in [-0.2, -0.15) is 4.31 Å². The minimum atomic E-state index is -3.60. The number of hydrogen-bond donors (Lipinski definition) is 1. The van der Waals surface area contributed by atoms with Crippen molar-refractivity contribution in [2.24, 2.45) is 5.92 Å². The lowest BCUT2D eigenvalue weighted by atomic mass is 9.99. The third kappa shape index (κ3) is 5.25. The minimum absolute atomic E-state index is 0.173. The van der Waals surface area contributed by atoms with Crippen molar-refractivity contribution >= 4 is 21.6 Å². The van der Waals surface area contributed by atoms with Gasteiger partial charge in [-0.05, 0) is 56.2 Å². The molecular formula is C22H26N2O4S. The Balaban J connectivity index is 1.64. The summed E-state index contributed by atoms with van der Waals surface area (Å²) in [6.45, 7) is 6.54. The van der Waals surface area contributed by atoms with Crippen LogP contribution in [0, 0.1) is 12.8 Å². The van der Waals surface area contributed by atoms with Crippen LogP contribution in [0.1, 0.15) is 18.4 Å². The second kappa shape index (κ2) is 9.24. The standard InChI is InChI=1S/C22H26N2O4S/c1-3-15-28-20-10-8-19(9-11-20)23-22(25)18-5-4-14-24(16-18)29(26,27)21-12-6-17(2)7-13-21/h3,6-13,18H,1,4-5,14-16H2,2H3,(H,23,25)/t18-/m0/s1. The zero-order valence-electron chi connectivity index (χ0n) is 16.5. The Morgan fingerprint density at radius 2 is 1.90 bits per heavy atom. The van der Waals surface area contributed by atoms with E-state index in [2.05, 4.69) is 11.9 Å². The average molecular weight is 415 g/mol. The van der Waals surface area contributed by atoms with Crippen LogP contribution in [0.25, 0.3) is 0 Å². The van der Waals surface area contributed by atoms with Gasteiger partial charge < -0.3 is 10.1 Å². The van der Waals surface area contributed by atoms with Crippen molar-refractivity contribution in [3.63, 3.8) is 0 Å². The number of piperidine rings is 1. The summed E-state index contributed by atoms with van der Waals surface area (Å²) < 4.78 is 32.7. The van der Waals surface area contributed by atoms with E-state index in [0.717, 1.165) is 5.56 Å². The number of rotatable bonds is 7. The van der Waals surface area contributed by atoms with Crippen LogP contribution < -0.4 is 10.1 Å². The van der Waals surface area contributed by atoms with Gasteiger partial charge in [0.05, 0.1) is 10.8 Å². The fraction of sp³-hybridized carbons (Fsp3) is 0.318. The molecule has 1 aliphatic rings. The number of ether oxygens (including phenoxy) is 1. The van der Waals surface area contributed by atoms with Gasteiger partial charge >= 0.3 is 0 Å². The zero-order valence-corrected chi connectivity index (χ0v) is 17.3. The third-order valence-corrected chi connectivity index (χ3v) is 6.78. The van der Waals surface area contributed by atoms with Crippen molar-refractivity contribution in [3.8, 4) is 5.75 Å². The molecule has 0 aromatic heterocycles. The van der Waals surface area contributed by atoms with Crippen LogP contribution in [-0.2, 0) is 14.8 Å². The normalized spacial score (nSPS) is 17.5. The Hall–Kier alpha value is -2.64. The summed E-state index contributed by atoms with van der Waals surface area (Å²) in [4.78, 5) is 13.0. The summed E-state index contributed by atoms with van der Waals surface area (Å²) in [5.74, 6) is 0.130. The Bertz CT molecular complexity index is 953. The van der Waals surface area contributed by atoms with Crippen LogP contribution in [-0.4, -0.2) is 38.3 Å². The van der Waals surface area contributed by atoms with Crippen molar-refractivity contribution in [1.82, 2.24) is 4.31 Å². The molecule has 154 valence electrons. The molecule has 1 amide bonds. The quantitative estimate of drug-likeness (QED) is 0.703. The third-order valence-electron chi connectivity index (χ3n) is 4.90. The molecule has 29 heavy (non-hydrogen) atoms. The molecule has 0 bridgehead atoms. The lowest BCUT2D eigenvalue weighted by Gasteiger charge is -2.31. The van der Waals surface area contributed by atoms with Gasteiger partial charge in [-0.15, -0.1) is 0 Å². The van der Waals surface area contributed by atoms with E-state index in [1.807, 2.05) is 6.92 Å². The minimum Gasteiger partial charge on any atom is -0.490 e. The zero-order chi connectivity index (χ0) is 20.9. The summed E-state index contributed by atoms with van der Waals surface area (Å²) in [6, 6.07) is 13.9. The van der Waals surface area contributed by atoms with E-state index in [4.69, 9.17) is 4.74 Å². The Morgan fingerprint density at radius 1 is 1.21 bits per heavy atom. The number of sulfonamides is 1. The van der Waals surface area contributed by atoms with E-state index >= 15 is 0 Å². The summed E-state index contributed by atoms with van der Waals surface area (Å²) in [5.41, 5.74) is 1.65. The first-order chi connectivity index (χ1) is 13.9. The number of anilines is 1. The molecule has 6 nitrogen and oxygen atoms in total. The molecule has 0 spiro atoms. The van der Waals surface area contributed by atoms with Crippen molar-refractivity contribution < 1.29 is 17.9 Å². The van der Waals surface area contributed by atoms with E-state index in [-0.39, 0.29) is 23.3 Å². The van der Waals surface area contributed by atoms with Gasteiger partial charge in [0.15, 0.2) is 0 Å². The molecule has 1 fully saturated rings. The van der Waals surface area contributed by atoms with Crippen LogP contribution in [0.15, 0.2) is 66.1 Å². The molecule has 0 radical (unpaired) electrons. The number of benzene rings is 2. The lowest BCUT2D eigenvalue weighted by molar-refractivity contribution is -0.120. The van der Waals surface area contributed by atoms with Gasteiger partial charge in [0.2, 0.25) is 15.9 Å². The van der Waals surface area contributed by atoms with Crippen molar-refractivity contribution in [2.45, 2.75) is 24.7 Å². The largest absolute Gasteiger partial charge is 0.490 e. The van der Waals surface area contributed by atoms with Gasteiger partial charge in [-0.3, -0.25) is 4.79 Å². The number of amides is 1. The molecule has 3 rings (SSSR count). The Kier molecular flexibility index (Phi) is 6.71. The van der Waals surface area contributed by atoms with Crippen molar-refractivity contribution in [3.05, 3.63) is 66.7 Å². The number of nitrogens with zero attached hydrogens (tertiary/aromatic N) is 1. The summed E-state index contributed by atoms with van der Waals surface area (Å²) in [7, 11) is -3.60. The molecule has 0 saturated carbocycles. The predicted octanol–water partition coefficient (Wildman–Crippen LogP) is 3.60. The molecular weight excluding hydrogens is 388 g/mol. The lowest BCUT2D eigenvalue weighted by Crippen LogP contribution is -2.43. The first kappa shape index (κ1) is 21.1. The molecule has 1 heterocycles. The first-order valence-corrected chi connectivity index (χ1v) is 11.1. The number of hydrogen-bond acceptors (Lipinski definition) is 4. The highest BCUT2D eigenvalue weighted by Gasteiger charge is 2.33. The maximum absolute atomic E-state index is 12.9. The van der Waals surface area contributed by atoms with Crippen LogP contribution in [0.4, 0.5) is 5.69 Å². The van der Waals surface area contributed by atoms with Crippen LogP contribution >= 0.6 is 0 Å². The Labute approximate surface area is 172 Å². The molecule has 1 saturated heterocycles. The summed E-state index contributed by atoms with van der Waals surface area (Å²) in [6.07, 6.45) is 2.97. The molecule has 1 atom stereocenters. The van der Waals surface area contributed by atoms with Gasteiger partial charge in [-0.25, -0.2) is 8.42 Å². The molecule has 1 N–H and O–H groups in total. The van der Waals surface area contributed by atoms with Crippen molar-refractivity contribution in [1.29, 1.82) is 0 Å². The molecule has 2 aromatic rings. The maximum atomic E-state index is 12.9. The SMILES string of the molecule is C=CCOc1ccc(NC(=O)[C@H]2CCCN(S(=O)(=O)c3ccc(C)cc3)C2)cc1. The summed E-state index contributed by atoms with van der Waals surface area (Å²) >= 11 is 0. The number of carbonyl (C=O) groups excluding carboxylic acids is 1. The average Bonchev–Trinajstić information content (AvgIpc) is 2.73. The van der Waals surface area contributed by atoms with Gasteiger partial charge in [0.25, 0.3) is 0 Å².